The van der Waals surface area contributed by atoms with E-state index in [0.717, 1.165) is 25.7 Å². The maximum Gasteiger partial charge on any atom is 0.337 e. The van der Waals surface area contributed by atoms with E-state index in [2.05, 4.69) is 0 Å². The number of nitrogens with zero attached hydrogens (tertiary/aromatic N) is 1. The first-order chi connectivity index (χ1) is 7.04. The minimum absolute atomic E-state index is 0.0364. The van der Waals surface area contributed by atoms with E-state index in [9.17, 15) is 9.59 Å². The zero-order valence-electron chi connectivity index (χ0n) is 8.73. The number of carbonyl (C=O) groups is 2. The lowest BCUT2D eigenvalue weighted by Crippen LogP contribution is -2.39. The Kier molecular flexibility index (Phi) is 2.66. The first-order valence-electron chi connectivity index (χ1n) is 5.22. The molecule has 0 aromatic heterocycles. The number of hydrogen-bond donors (Lipinski definition) is 1. The fraction of sp³-hybridized carbons (Fsp3) is 0.800. The van der Waals surface area contributed by atoms with Crippen LogP contribution in [0.2, 0.25) is 0 Å². The predicted octanol–water partition coefficient (Wildman–Crippen LogP) is 1.31. The number of aliphatic carboxylic acids is 1. The standard InChI is InChI=1S/C10H15NO3S/c1-7(12)11-6-10(4-2-3-5-10)15-8(11)9(13)14/h8H,2-6H2,1H3,(H,13,14). The van der Waals surface area contributed by atoms with Crippen molar-refractivity contribution in [3.05, 3.63) is 0 Å². The Morgan fingerprint density at radius 1 is 1.40 bits per heavy atom. The van der Waals surface area contributed by atoms with Gasteiger partial charge in [-0.1, -0.05) is 12.8 Å². The molecule has 1 atom stereocenters. The quantitative estimate of drug-likeness (QED) is 0.736. The van der Waals surface area contributed by atoms with Crippen molar-refractivity contribution in [2.45, 2.75) is 42.7 Å². The Morgan fingerprint density at radius 3 is 2.40 bits per heavy atom. The second kappa shape index (κ2) is 3.70. The van der Waals surface area contributed by atoms with Gasteiger partial charge in [0, 0.05) is 18.2 Å². The van der Waals surface area contributed by atoms with Crippen molar-refractivity contribution in [2.75, 3.05) is 6.54 Å². The van der Waals surface area contributed by atoms with Crippen LogP contribution in [-0.4, -0.2) is 38.5 Å². The van der Waals surface area contributed by atoms with Gasteiger partial charge in [-0.3, -0.25) is 4.79 Å². The van der Waals surface area contributed by atoms with Gasteiger partial charge in [0.05, 0.1) is 0 Å². The summed E-state index contributed by atoms with van der Waals surface area (Å²) in [5.41, 5.74) is 0. The van der Waals surface area contributed by atoms with E-state index in [0.29, 0.717) is 6.54 Å². The molecule has 4 nitrogen and oxygen atoms in total. The molecule has 1 unspecified atom stereocenters. The van der Waals surface area contributed by atoms with E-state index in [1.165, 1.54) is 23.6 Å². The zero-order chi connectivity index (χ0) is 11.1. The average molecular weight is 229 g/mol. The molecule has 2 aliphatic rings. The fourth-order valence-corrected chi connectivity index (χ4v) is 4.15. The molecule has 0 aromatic rings. The third-order valence-corrected chi connectivity index (χ3v) is 4.95. The van der Waals surface area contributed by atoms with Crippen LogP contribution in [0.3, 0.4) is 0 Å². The Bertz CT molecular complexity index is 275. The minimum atomic E-state index is -0.890. The van der Waals surface area contributed by atoms with Gasteiger partial charge in [-0.05, 0) is 12.8 Å². The maximum absolute atomic E-state index is 11.4. The third-order valence-electron chi connectivity index (χ3n) is 3.23. The van der Waals surface area contributed by atoms with E-state index < -0.39 is 11.3 Å². The van der Waals surface area contributed by atoms with Crippen molar-refractivity contribution in [1.82, 2.24) is 4.90 Å². The van der Waals surface area contributed by atoms with Crippen molar-refractivity contribution in [2.24, 2.45) is 0 Å². The number of carboxylic acids is 1. The van der Waals surface area contributed by atoms with Gasteiger partial charge in [0.25, 0.3) is 0 Å². The highest BCUT2D eigenvalue weighted by Gasteiger charge is 2.49. The highest BCUT2D eigenvalue weighted by molar-refractivity contribution is 8.02. The summed E-state index contributed by atoms with van der Waals surface area (Å²) in [4.78, 5) is 23.9. The highest BCUT2D eigenvalue weighted by Crippen LogP contribution is 2.49. The van der Waals surface area contributed by atoms with Gasteiger partial charge in [0.2, 0.25) is 5.91 Å². The highest BCUT2D eigenvalue weighted by atomic mass is 32.2. The Balaban J connectivity index is 2.18. The second-order valence-corrected chi connectivity index (χ2v) is 5.89. The van der Waals surface area contributed by atoms with Crippen LogP contribution in [0.1, 0.15) is 32.6 Å². The molecule has 1 amide bonds. The Labute approximate surface area is 93.0 Å². The van der Waals surface area contributed by atoms with Gasteiger partial charge < -0.3 is 10.0 Å². The summed E-state index contributed by atoms with van der Waals surface area (Å²) >= 11 is 1.47. The fourth-order valence-electron chi connectivity index (χ4n) is 2.49. The topological polar surface area (TPSA) is 57.6 Å². The molecule has 0 bridgehead atoms. The molecule has 1 aliphatic heterocycles. The lowest BCUT2D eigenvalue weighted by atomic mass is 10.1. The lowest BCUT2D eigenvalue weighted by molar-refractivity contribution is -0.144. The predicted molar refractivity (Wildman–Crippen MR) is 57.6 cm³/mol. The van der Waals surface area contributed by atoms with Crippen LogP contribution in [0, 0.1) is 0 Å². The van der Waals surface area contributed by atoms with Crippen molar-refractivity contribution < 1.29 is 14.7 Å². The van der Waals surface area contributed by atoms with Gasteiger partial charge in [-0.25, -0.2) is 4.79 Å². The first kappa shape index (κ1) is 10.8. The molecule has 1 spiro atoms. The van der Waals surface area contributed by atoms with Crippen LogP contribution in [0.25, 0.3) is 0 Å². The molecule has 1 saturated heterocycles. The van der Waals surface area contributed by atoms with Gasteiger partial charge in [-0.2, -0.15) is 0 Å². The summed E-state index contributed by atoms with van der Waals surface area (Å²) < 4.78 is 0.0364. The summed E-state index contributed by atoms with van der Waals surface area (Å²) in [6.07, 6.45) is 4.41. The molecule has 1 N–H and O–H groups in total. The second-order valence-electron chi connectivity index (χ2n) is 4.35. The van der Waals surface area contributed by atoms with Crippen LogP contribution < -0.4 is 0 Å². The molecule has 2 rings (SSSR count). The molecule has 5 heteroatoms. The summed E-state index contributed by atoms with van der Waals surface area (Å²) in [5.74, 6) is -1.02. The maximum atomic E-state index is 11.4. The summed E-state index contributed by atoms with van der Waals surface area (Å²) in [6, 6.07) is 0. The van der Waals surface area contributed by atoms with Crippen LogP contribution >= 0.6 is 11.8 Å². The largest absolute Gasteiger partial charge is 0.479 e. The number of hydrogen-bond acceptors (Lipinski definition) is 3. The zero-order valence-corrected chi connectivity index (χ0v) is 9.55. The lowest BCUT2D eigenvalue weighted by Gasteiger charge is -2.21. The number of rotatable bonds is 1. The molecule has 1 aliphatic carbocycles. The molecule has 15 heavy (non-hydrogen) atoms. The number of amides is 1. The van der Waals surface area contributed by atoms with E-state index in [4.69, 9.17) is 5.11 Å². The molecule has 0 aromatic carbocycles. The molecule has 84 valence electrons. The van der Waals surface area contributed by atoms with Crippen molar-refractivity contribution in [3.63, 3.8) is 0 Å². The summed E-state index contributed by atoms with van der Waals surface area (Å²) in [7, 11) is 0. The molecular formula is C10H15NO3S. The van der Waals surface area contributed by atoms with Crippen molar-refractivity contribution in [3.8, 4) is 0 Å². The monoisotopic (exact) mass is 229 g/mol. The average Bonchev–Trinajstić information content (AvgIpc) is 2.74. The van der Waals surface area contributed by atoms with Gasteiger partial charge in [-0.15, -0.1) is 11.8 Å². The van der Waals surface area contributed by atoms with E-state index in [1.54, 1.807) is 0 Å². The molecule has 1 heterocycles. The molecule has 2 fully saturated rings. The van der Waals surface area contributed by atoms with Gasteiger partial charge in [0.1, 0.15) is 0 Å². The Morgan fingerprint density at radius 2 is 2.00 bits per heavy atom. The van der Waals surface area contributed by atoms with Crippen molar-refractivity contribution >= 4 is 23.6 Å². The molecule has 1 saturated carbocycles. The number of carboxylic acid groups (broad SMARTS) is 1. The van der Waals surface area contributed by atoms with Crippen LogP contribution in [0.4, 0.5) is 0 Å². The third kappa shape index (κ3) is 1.85. The SMILES string of the molecule is CC(=O)N1CC2(CCCC2)SC1C(=O)O. The van der Waals surface area contributed by atoms with Gasteiger partial charge in [0.15, 0.2) is 5.37 Å². The minimum Gasteiger partial charge on any atom is -0.479 e. The first-order valence-corrected chi connectivity index (χ1v) is 6.10. The summed E-state index contributed by atoms with van der Waals surface area (Å²) in [5, 5.41) is 8.40. The van der Waals surface area contributed by atoms with E-state index in [1.807, 2.05) is 0 Å². The number of thioether (sulfide) groups is 1. The van der Waals surface area contributed by atoms with Crippen LogP contribution in [0.15, 0.2) is 0 Å². The summed E-state index contributed by atoms with van der Waals surface area (Å²) in [6.45, 7) is 2.06. The van der Waals surface area contributed by atoms with Crippen LogP contribution in [-0.2, 0) is 9.59 Å². The van der Waals surface area contributed by atoms with Crippen molar-refractivity contribution in [1.29, 1.82) is 0 Å². The van der Waals surface area contributed by atoms with Crippen LogP contribution in [0.5, 0.6) is 0 Å². The molecule has 0 radical (unpaired) electrons. The Hall–Kier alpha value is -0.710. The van der Waals surface area contributed by atoms with E-state index in [-0.39, 0.29) is 10.7 Å². The normalized spacial score (nSPS) is 28.6. The smallest absolute Gasteiger partial charge is 0.337 e. The number of carbonyl (C=O) groups excluding carboxylic acids is 1. The van der Waals surface area contributed by atoms with Gasteiger partial charge >= 0.3 is 5.97 Å². The molecular weight excluding hydrogens is 214 g/mol. The van der Waals surface area contributed by atoms with E-state index >= 15 is 0 Å².